The van der Waals surface area contributed by atoms with Gasteiger partial charge in [-0.3, -0.25) is 9.59 Å². The Balaban J connectivity index is 1.70. The number of rotatable bonds is 1. The van der Waals surface area contributed by atoms with Crippen LogP contribution in [0.2, 0.25) is 0 Å². The van der Waals surface area contributed by atoms with E-state index in [1.54, 1.807) is 18.0 Å². The number of morpholine rings is 1. The molecule has 24 heavy (non-hydrogen) atoms. The van der Waals surface area contributed by atoms with Crippen LogP contribution in [-0.4, -0.2) is 53.9 Å². The minimum atomic E-state index is -0.407. The van der Waals surface area contributed by atoms with E-state index in [4.69, 9.17) is 9.47 Å². The predicted octanol–water partition coefficient (Wildman–Crippen LogP) is 1.17. The Hall–Kier alpha value is -2.18. The van der Waals surface area contributed by atoms with Gasteiger partial charge in [-0.2, -0.15) is 0 Å². The molecule has 1 aromatic heterocycles. The summed E-state index contributed by atoms with van der Waals surface area (Å²) in [6, 6.07) is 9.28. The van der Waals surface area contributed by atoms with E-state index in [9.17, 15) is 9.59 Å². The van der Waals surface area contributed by atoms with Crippen molar-refractivity contribution in [1.29, 1.82) is 0 Å². The standard InChI is InChI=1S/C18H20N2O4/c1-19-15-5-3-2-4-13(15)10-14(16(19)21)17(22)20-7-9-24-18(11-20)6-8-23-12-18/h2-5,10H,6-9,11-12H2,1H3. The lowest BCUT2D eigenvalue weighted by Crippen LogP contribution is -2.54. The maximum atomic E-state index is 13.0. The van der Waals surface area contributed by atoms with Gasteiger partial charge in [0.05, 0.1) is 25.3 Å². The molecule has 1 unspecified atom stereocenters. The van der Waals surface area contributed by atoms with Crippen molar-refractivity contribution < 1.29 is 14.3 Å². The Morgan fingerprint density at radius 1 is 1.25 bits per heavy atom. The first-order chi connectivity index (χ1) is 11.6. The number of aryl methyl sites for hydroxylation is 1. The molecule has 2 aliphatic heterocycles. The Labute approximate surface area is 139 Å². The predicted molar refractivity (Wildman–Crippen MR) is 89.2 cm³/mol. The molecule has 6 nitrogen and oxygen atoms in total. The van der Waals surface area contributed by atoms with Crippen molar-refractivity contribution in [2.75, 3.05) is 32.9 Å². The van der Waals surface area contributed by atoms with E-state index in [2.05, 4.69) is 0 Å². The summed E-state index contributed by atoms with van der Waals surface area (Å²) in [5.74, 6) is -0.226. The van der Waals surface area contributed by atoms with E-state index in [-0.39, 0.29) is 17.0 Å². The first-order valence-corrected chi connectivity index (χ1v) is 8.19. The Morgan fingerprint density at radius 2 is 2.08 bits per heavy atom. The van der Waals surface area contributed by atoms with Crippen molar-refractivity contribution in [3.05, 3.63) is 46.2 Å². The zero-order valence-electron chi connectivity index (χ0n) is 13.7. The number of ether oxygens (including phenoxy) is 2. The monoisotopic (exact) mass is 328 g/mol. The maximum Gasteiger partial charge on any atom is 0.263 e. The highest BCUT2D eigenvalue weighted by Crippen LogP contribution is 2.28. The van der Waals surface area contributed by atoms with Crippen LogP contribution in [-0.2, 0) is 16.5 Å². The minimum absolute atomic E-state index is 0.215. The number of hydrogen-bond acceptors (Lipinski definition) is 4. The number of para-hydroxylation sites is 1. The van der Waals surface area contributed by atoms with Gasteiger partial charge in [-0.25, -0.2) is 0 Å². The lowest BCUT2D eigenvalue weighted by atomic mass is 10.00. The molecule has 3 heterocycles. The summed E-state index contributed by atoms with van der Waals surface area (Å²) < 4.78 is 12.8. The van der Waals surface area contributed by atoms with Gasteiger partial charge in [-0.1, -0.05) is 18.2 Å². The van der Waals surface area contributed by atoms with Crippen LogP contribution in [0, 0.1) is 0 Å². The molecule has 126 valence electrons. The van der Waals surface area contributed by atoms with Crippen LogP contribution in [0.1, 0.15) is 16.8 Å². The largest absolute Gasteiger partial charge is 0.378 e. The normalized spacial score (nSPS) is 24.0. The second-order valence-electron chi connectivity index (χ2n) is 6.54. The number of benzene rings is 1. The van der Waals surface area contributed by atoms with Gasteiger partial charge in [-0.15, -0.1) is 0 Å². The number of amides is 1. The number of nitrogens with zero attached hydrogens (tertiary/aromatic N) is 2. The van der Waals surface area contributed by atoms with Gasteiger partial charge >= 0.3 is 0 Å². The molecule has 1 amide bonds. The van der Waals surface area contributed by atoms with Gasteiger partial charge in [0.2, 0.25) is 0 Å². The number of carbonyl (C=O) groups is 1. The summed E-state index contributed by atoms with van der Waals surface area (Å²) in [4.78, 5) is 27.3. The molecule has 0 saturated carbocycles. The van der Waals surface area contributed by atoms with Gasteiger partial charge in [0.25, 0.3) is 11.5 Å². The fraction of sp³-hybridized carbons (Fsp3) is 0.444. The summed E-state index contributed by atoms with van der Waals surface area (Å²) in [6.45, 7) is 2.60. The van der Waals surface area contributed by atoms with Gasteiger partial charge in [0.1, 0.15) is 11.2 Å². The van der Waals surface area contributed by atoms with Gasteiger partial charge in [-0.05, 0) is 17.5 Å². The molecular formula is C18H20N2O4. The molecule has 2 saturated heterocycles. The maximum absolute atomic E-state index is 13.0. The van der Waals surface area contributed by atoms with Gasteiger partial charge in [0.15, 0.2) is 0 Å². The van der Waals surface area contributed by atoms with Crippen LogP contribution in [0.4, 0.5) is 0 Å². The summed E-state index contributed by atoms with van der Waals surface area (Å²) >= 11 is 0. The Morgan fingerprint density at radius 3 is 2.88 bits per heavy atom. The molecule has 1 spiro atoms. The van der Waals surface area contributed by atoms with Crippen LogP contribution in [0.15, 0.2) is 35.1 Å². The first kappa shape index (κ1) is 15.4. The van der Waals surface area contributed by atoms with Crippen molar-refractivity contribution in [3.8, 4) is 0 Å². The molecule has 1 aromatic carbocycles. The average Bonchev–Trinajstić information content (AvgIpc) is 3.05. The fourth-order valence-corrected chi connectivity index (χ4v) is 3.59. The van der Waals surface area contributed by atoms with Crippen molar-refractivity contribution >= 4 is 16.8 Å². The van der Waals surface area contributed by atoms with E-state index < -0.39 is 5.60 Å². The molecule has 0 radical (unpaired) electrons. The number of hydrogen-bond donors (Lipinski definition) is 0. The minimum Gasteiger partial charge on any atom is -0.378 e. The lowest BCUT2D eigenvalue weighted by molar-refractivity contribution is -0.0995. The summed E-state index contributed by atoms with van der Waals surface area (Å²) in [5, 5.41) is 0.884. The number of carbonyl (C=O) groups excluding carboxylic acids is 1. The molecule has 1 atom stereocenters. The molecule has 2 aliphatic rings. The second-order valence-corrected chi connectivity index (χ2v) is 6.54. The average molecular weight is 328 g/mol. The van der Waals surface area contributed by atoms with Crippen LogP contribution in [0.5, 0.6) is 0 Å². The SMILES string of the molecule is Cn1c(=O)c(C(=O)N2CCOC3(CCOC3)C2)cc2ccccc21. The first-order valence-electron chi connectivity index (χ1n) is 8.19. The molecule has 0 N–H and O–H groups in total. The topological polar surface area (TPSA) is 60.8 Å². The summed E-state index contributed by atoms with van der Waals surface area (Å²) in [6.07, 6.45) is 0.784. The quantitative estimate of drug-likeness (QED) is 0.788. The molecule has 2 fully saturated rings. The zero-order valence-corrected chi connectivity index (χ0v) is 13.7. The molecule has 6 heteroatoms. The third-order valence-corrected chi connectivity index (χ3v) is 4.97. The van der Waals surface area contributed by atoms with Crippen LogP contribution < -0.4 is 5.56 Å². The van der Waals surface area contributed by atoms with Crippen LogP contribution >= 0.6 is 0 Å². The highest BCUT2D eigenvalue weighted by molar-refractivity contribution is 5.97. The lowest BCUT2D eigenvalue weighted by Gasteiger charge is -2.39. The van der Waals surface area contributed by atoms with Crippen molar-refractivity contribution in [3.63, 3.8) is 0 Å². The molecule has 0 bridgehead atoms. The van der Waals surface area contributed by atoms with E-state index in [1.165, 1.54) is 4.57 Å². The highest BCUT2D eigenvalue weighted by Gasteiger charge is 2.42. The van der Waals surface area contributed by atoms with E-state index in [0.717, 1.165) is 17.3 Å². The van der Waals surface area contributed by atoms with Gasteiger partial charge < -0.3 is 18.9 Å². The molecule has 0 aliphatic carbocycles. The number of pyridine rings is 1. The van der Waals surface area contributed by atoms with Crippen molar-refractivity contribution in [2.24, 2.45) is 7.05 Å². The van der Waals surface area contributed by atoms with Gasteiger partial charge in [0, 0.05) is 26.6 Å². The van der Waals surface area contributed by atoms with E-state index in [0.29, 0.717) is 32.9 Å². The second kappa shape index (κ2) is 5.72. The van der Waals surface area contributed by atoms with E-state index in [1.807, 2.05) is 24.3 Å². The highest BCUT2D eigenvalue weighted by atomic mass is 16.6. The smallest absolute Gasteiger partial charge is 0.263 e. The Kier molecular flexibility index (Phi) is 3.66. The Bertz CT molecular complexity index is 852. The number of aromatic nitrogens is 1. The zero-order chi connectivity index (χ0) is 16.7. The van der Waals surface area contributed by atoms with Crippen LogP contribution in [0.3, 0.4) is 0 Å². The molecule has 2 aromatic rings. The van der Waals surface area contributed by atoms with Crippen molar-refractivity contribution in [1.82, 2.24) is 9.47 Å². The van der Waals surface area contributed by atoms with Crippen molar-refractivity contribution in [2.45, 2.75) is 12.0 Å². The summed E-state index contributed by atoms with van der Waals surface area (Å²) in [7, 11) is 1.70. The van der Waals surface area contributed by atoms with Crippen LogP contribution in [0.25, 0.3) is 10.9 Å². The molecular weight excluding hydrogens is 308 g/mol. The summed E-state index contributed by atoms with van der Waals surface area (Å²) in [5.41, 5.74) is 0.367. The molecule has 4 rings (SSSR count). The third-order valence-electron chi connectivity index (χ3n) is 4.97. The number of fused-ring (bicyclic) bond motifs is 1. The third kappa shape index (κ3) is 2.42. The van der Waals surface area contributed by atoms with E-state index >= 15 is 0 Å². The fourth-order valence-electron chi connectivity index (χ4n) is 3.59.